The molecule has 8 nitrogen and oxygen atoms in total. The van der Waals surface area contributed by atoms with Crippen molar-refractivity contribution in [2.24, 2.45) is 0 Å². The number of hydrogen-bond donors (Lipinski definition) is 1. The lowest BCUT2D eigenvalue weighted by Gasteiger charge is -2.24. The predicted octanol–water partition coefficient (Wildman–Crippen LogP) is 4.57. The molecule has 3 heterocycles. The van der Waals surface area contributed by atoms with Gasteiger partial charge >= 0.3 is 6.09 Å². The number of carbonyl (C=O) groups is 1. The molecule has 3 aromatic rings. The summed E-state index contributed by atoms with van der Waals surface area (Å²) >= 11 is 0. The molecule has 2 aromatic heterocycles. The van der Waals surface area contributed by atoms with Crippen molar-refractivity contribution < 1.29 is 14.3 Å². The average Bonchev–Trinajstić information content (AvgIpc) is 3.26. The molecule has 1 aliphatic heterocycles. The number of rotatable bonds is 6. The smallest absolute Gasteiger partial charge is 0.410 e. The van der Waals surface area contributed by atoms with Crippen LogP contribution in [-0.2, 0) is 4.74 Å². The van der Waals surface area contributed by atoms with Gasteiger partial charge in [-0.15, -0.1) is 0 Å². The van der Waals surface area contributed by atoms with Crippen molar-refractivity contribution in [3.63, 3.8) is 0 Å². The monoisotopic (exact) mass is 464 g/mol. The van der Waals surface area contributed by atoms with E-state index < -0.39 is 5.60 Å². The minimum Gasteiger partial charge on any atom is -0.477 e. The number of pyridine rings is 1. The molecule has 180 valence electrons. The van der Waals surface area contributed by atoms with E-state index in [-0.39, 0.29) is 17.7 Å². The van der Waals surface area contributed by atoms with Crippen molar-refractivity contribution >= 4 is 17.4 Å². The van der Waals surface area contributed by atoms with Crippen molar-refractivity contribution in [2.75, 3.05) is 25.0 Å². The van der Waals surface area contributed by atoms with Gasteiger partial charge in [0, 0.05) is 31.0 Å². The van der Waals surface area contributed by atoms with Gasteiger partial charge in [0.05, 0.1) is 6.61 Å². The van der Waals surface area contributed by atoms with Crippen LogP contribution in [0.1, 0.15) is 40.5 Å². The van der Waals surface area contributed by atoms with Crippen LogP contribution in [0.25, 0.3) is 16.8 Å². The minimum absolute atomic E-state index is 0.134. The molecule has 34 heavy (non-hydrogen) atoms. The third-order valence-electron chi connectivity index (χ3n) is 5.53. The van der Waals surface area contributed by atoms with E-state index in [4.69, 9.17) is 9.47 Å². The van der Waals surface area contributed by atoms with E-state index in [1.54, 1.807) is 17.2 Å². The van der Waals surface area contributed by atoms with Crippen LogP contribution in [0.4, 0.5) is 10.5 Å². The lowest BCUT2D eigenvalue weighted by Crippen LogP contribution is -2.36. The van der Waals surface area contributed by atoms with Crippen LogP contribution in [0, 0.1) is 0 Å². The molecule has 0 spiro atoms. The topological polar surface area (TPSA) is 85.2 Å². The van der Waals surface area contributed by atoms with Gasteiger partial charge in [0.2, 0.25) is 5.88 Å². The summed E-state index contributed by atoms with van der Waals surface area (Å²) in [4.78, 5) is 31.9. The van der Waals surface area contributed by atoms with Crippen LogP contribution in [0.5, 0.6) is 5.88 Å². The Morgan fingerprint density at radius 1 is 1.18 bits per heavy atom. The van der Waals surface area contributed by atoms with Crippen molar-refractivity contribution in [3.05, 3.63) is 59.0 Å². The van der Waals surface area contributed by atoms with E-state index in [0.717, 1.165) is 24.1 Å². The Morgan fingerprint density at radius 2 is 1.94 bits per heavy atom. The number of benzene rings is 1. The van der Waals surface area contributed by atoms with Gasteiger partial charge < -0.3 is 19.7 Å². The molecule has 0 aliphatic carbocycles. The third-order valence-corrected chi connectivity index (χ3v) is 5.53. The maximum absolute atomic E-state index is 13.3. The fraction of sp³-hybridized carbons (Fsp3) is 0.423. The molecule has 1 fully saturated rings. The summed E-state index contributed by atoms with van der Waals surface area (Å²) in [5.41, 5.74) is 1.99. The van der Waals surface area contributed by atoms with E-state index >= 15 is 0 Å². The maximum Gasteiger partial charge on any atom is 0.410 e. The first kappa shape index (κ1) is 23.6. The van der Waals surface area contributed by atoms with Gasteiger partial charge in [0.15, 0.2) is 0 Å². The molecule has 0 saturated carbocycles. The van der Waals surface area contributed by atoms with Gasteiger partial charge in [-0.25, -0.2) is 4.79 Å². The molecule has 8 heteroatoms. The van der Waals surface area contributed by atoms with Crippen LogP contribution in [0.15, 0.2) is 53.5 Å². The van der Waals surface area contributed by atoms with Crippen LogP contribution in [-0.4, -0.2) is 51.7 Å². The molecule has 4 rings (SSSR count). The van der Waals surface area contributed by atoms with Gasteiger partial charge in [-0.3, -0.25) is 9.20 Å². The Hall–Kier alpha value is -3.55. The quantitative estimate of drug-likeness (QED) is 0.575. The summed E-state index contributed by atoms with van der Waals surface area (Å²) in [5.74, 6) is 0.350. The molecule has 0 radical (unpaired) electrons. The average molecular weight is 465 g/mol. The van der Waals surface area contributed by atoms with Crippen molar-refractivity contribution in [1.29, 1.82) is 0 Å². The van der Waals surface area contributed by atoms with Gasteiger partial charge in [-0.05, 0) is 63.4 Å². The highest BCUT2D eigenvalue weighted by atomic mass is 16.6. The summed E-state index contributed by atoms with van der Waals surface area (Å²) < 4.78 is 12.9. The lowest BCUT2D eigenvalue weighted by atomic mass is 10.1. The van der Waals surface area contributed by atoms with Gasteiger partial charge in [0.25, 0.3) is 5.56 Å². The minimum atomic E-state index is -0.506. The molecule has 1 atom stereocenters. The second-order valence-corrected chi connectivity index (χ2v) is 9.51. The van der Waals surface area contributed by atoms with E-state index in [1.165, 1.54) is 4.40 Å². The summed E-state index contributed by atoms with van der Waals surface area (Å²) in [6.45, 7) is 9.35. The molecule has 1 aliphatic rings. The summed E-state index contributed by atoms with van der Waals surface area (Å²) in [6.07, 6.45) is 3.09. The molecule has 1 aromatic carbocycles. The molecular formula is C26H32N4O4. The number of nitrogens with zero attached hydrogens (tertiary/aromatic N) is 3. The number of likely N-dealkylation sites (tertiary alicyclic amines) is 1. The Morgan fingerprint density at radius 3 is 2.65 bits per heavy atom. The number of hydrogen-bond acceptors (Lipinski definition) is 6. The zero-order valence-corrected chi connectivity index (χ0v) is 20.2. The van der Waals surface area contributed by atoms with Gasteiger partial charge in [0.1, 0.15) is 16.8 Å². The largest absolute Gasteiger partial charge is 0.477 e. The first-order valence-electron chi connectivity index (χ1n) is 11.7. The molecular weight excluding hydrogens is 432 g/mol. The zero-order valence-electron chi connectivity index (χ0n) is 20.2. The number of carbonyl (C=O) groups excluding carboxylic acids is 1. The Bertz CT molecular complexity index is 1210. The number of nitrogens with one attached hydrogen (secondary N) is 1. The van der Waals surface area contributed by atoms with E-state index in [1.807, 2.05) is 64.1 Å². The van der Waals surface area contributed by atoms with Crippen molar-refractivity contribution in [1.82, 2.24) is 14.3 Å². The fourth-order valence-corrected chi connectivity index (χ4v) is 3.96. The van der Waals surface area contributed by atoms with E-state index in [9.17, 15) is 9.59 Å². The lowest BCUT2D eigenvalue weighted by molar-refractivity contribution is 0.0293. The SMILES string of the molecule is CCCOc1nc2ccccn2c(=O)c1-c1ccc(N[C@@H]2CCN(C(=O)OC(C)(C)C)C2)cc1. The number of aromatic nitrogens is 2. The Labute approximate surface area is 199 Å². The Balaban J connectivity index is 1.51. The van der Waals surface area contributed by atoms with Crippen LogP contribution in [0.3, 0.4) is 0 Å². The summed E-state index contributed by atoms with van der Waals surface area (Å²) in [7, 11) is 0. The van der Waals surface area contributed by atoms with Gasteiger partial charge in [-0.2, -0.15) is 4.98 Å². The second-order valence-electron chi connectivity index (χ2n) is 9.51. The zero-order chi connectivity index (χ0) is 24.3. The number of ether oxygens (including phenoxy) is 2. The second kappa shape index (κ2) is 9.75. The highest BCUT2D eigenvalue weighted by Crippen LogP contribution is 2.28. The standard InChI is InChI=1S/C26H32N4O4/c1-5-16-33-23-22(24(31)30-14-7-6-8-21(30)28-23)18-9-11-19(12-10-18)27-20-13-15-29(17-20)25(32)34-26(2,3)4/h6-12,14,20,27H,5,13,15-17H2,1-4H3/t20-/m1/s1. The Kier molecular flexibility index (Phi) is 6.77. The van der Waals surface area contributed by atoms with E-state index in [0.29, 0.717) is 36.8 Å². The van der Waals surface area contributed by atoms with Crippen molar-refractivity contribution in [3.8, 4) is 17.0 Å². The van der Waals surface area contributed by atoms with E-state index in [2.05, 4.69) is 10.3 Å². The number of amides is 1. The highest BCUT2D eigenvalue weighted by Gasteiger charge is 2.29. The molecule has 1 amide bonds. The molecule has 0 unspecified atom stereocenters. The third kappa shape index (κ3) is 5.32. The van der Waals surface area contributed by atoms with Gasteiger partial charge in [-0.1, -0.05) is 25.1 Å². The maximum atomic E-state index is 13.3. The first-order chi connectivity index (χ1) is 16.2. The number of anilines is 1. The normalized spacial score (nSPS) is 16.0. The van der Waals surface area contributed by atoms with Crippen LogP contribution in [0.2, 0.25) is 0 Å². The molecule has 1 saturated heterocycles. The van der Waals surface area contributed by atoms with Crippen LogP contribution >= 0.6 is 0 Å². The summed E-state index contributed by atoms with van der Waals surface area (Å²) in [6, 6.07) is 13.3. The fourth-order valence-electron chi connectivity index (χ4n) is 3.96. The molecule has 0 bridgehead atoms. The van der Waals surface area contributed by atoms with Crippen molar-refractivity contribution in [2.45, 2.75) is 52.2 Å². The first-order valence-corrected chi connectivity index (χ1v) is 11.7. The number of fused-ring (bicyclic) bond motifs is 1. The summed E-state index contributed by atoms with van der Waals surface area (Å²) in [5, 5.41) is 3.48. The predicted molar refractivity (Wildman–Crippen MR) is 133 cm³/mol. The molecule has 1 N–H and O–H groups in total. The highest BCUT2D eigenvalue weighted by molar-refractivity contribution is 5.71. The van der Waals surface area contributed by atoms with Crippen LogP contribution < -0.4 is 15.6 Å².